The fourth-order valence-electron chi connectivity index (χ4n) is 2.53. The summed E-state index contributed by atoms with van der Waals surface area (Å²) in [6, 6.07) is 16.9. The van der Waals surface area contributed by atoms with E-state index < -0.39 is 0 Å². The van der Waals surface area contributed by atoms with Crippen molar-refractivity contribution in [2.45, 2.75) is 33.2 Å². The van der Waals surface area contributed by atoms with Crippen LogP contribution in [0, 0.1) is 6.92 Å². The van der Waals surface area contributed by atoms with E-state index in [4.69, 9.17) is 4.74 Å². The van der Waals surface area contributed by atoms with E-state index in [0.717, 1.165) is 17.5 Å². The fourth-order valence-corrected chi connectivity index (χ4v) is 2.53. The zero-order valence-electron chi connectivity index (χ0n) is 15.8. The topological polar surface area (TPSA) is 64.1 Å². The maximum atomic E-state index is 12.1. The van der Waals surface area contributed by atoms with Gasteiger partial charge in [-0.05, 0) is 50.6 Å². The molecule has 5 heteroatoms. The lowest BCUT2D eigenvalue weighted by Crippen LogP contribution is -2.31. The van der Waals surface area contributed by atoms with Crippen LogP contribution < -0.4 is 10.1 Å². The van der Waals surface area contributed by atoms with E-state index in [1.807, 2.05) is 45.0 Å². The highest BCUT2D eigenvalue weighted by atomic mass is 16.5. The first-order valence-electron chi connectivity index (χ1n) is 9.04. The Bertz CT molecular complexity index is 923. The molecule has 0 radical (unpaired) electrons. The number of nitrogens with zero attached hydrogens (tertiary/aromatic N) is 2. The van der Waals surface area contributed by atoms with Gasteiger partial charge in [0.15, 0.2) is 5.82 Å². The average Bonchev–Trinajstić information content (AvgIpc) is 2.68. The molecule has 0 aliphatic rings. The minimum Gasteiger partial charge on any atom is -0.439 e. The van der Waals surface area contributed by atoms with Gasteiger partial charge in [0.25, 0.3) is 5.91 Å². The maximum Gasteiger partial charge on any atom is 0.251 e. The highest BCUT2D eigenvalue weighted by molar-refractivity contribution is 5.94. The monoisotopic (exact) mass is 361 g/mol. The van der Waals surface area contributed by atoms with Gasteiger partial charge in [0.2, 0.25) is 5.88 Å². The predicted molar refractivity (Wildman–Crippen MR) is 106 cm³/mol. The Morgan fingerprint density at radius 1 is 1.15 bits per heavy atom. The minimum absolute atomic E-state index is 0.0836. The molecule has 3 rings (SSSR count). The highest BCUT2D eigenvalue weighted by Gasteiger charge is 2.09. The largest absolute Gasteiger partial charge is 0.439 e. The number of aryl methyl sites for hydroxylation is 1. The third-order valence-corrected chi connectivity index (χ3v) is 4.24. The molecule has 1 amide bonds. The molecule has 0 aliphatic heterocycles. The van der Waals surface area contributed by atoms with E-state index in [2.05, 4.69) is 15.3 Å². The Labute approximate surface area is 159 Å². The molecule has 0 saturated heterocycles. The Morgan fingerprint density at radius 2 is 1.93 bits per heavy atom. The number of rotatable bonds is 6. The molecule has 1 N–H and O–H groups in total. The van der Waals surface area contributed by atoms with Crippen LogP contribution in [-0.2, 0) is 0 Å². The number of carbonyl (C=O) groups excluding carboxylic acids is 1. The first-order chi connectivity index (χ1) is 13.0. The molecule has 27 heavy (non-hydrogen) atoms. The number of hydrogen-bond donors (Lipinski definition) is 1. The number of ether oxygens (including phenoxy) is 1. The summed E-state index contributed by atoms with van der Waals surface area (Å²) < 4.78 is 5.82. The van der Waals surface area contributed by atoms with Crippen LogP contribution in [0.25, 0.3) is 11.4 Å². The summed E-state index contributed by atoms with van der Waals surface area (Å²) in [6.45, 7) is 6.05. The smallest absolute Gasteiger partial charge is 0.251 e. The lowest BCUT2D eigenvalue weighted by Gasteiger charge is -2.11. The Hall–Kier alpha value is -3.21. The Morgan fingerprint density at radius 3 is 2.63 bits per heavy atom. The van der Waals surface area contributed by atoms with Crippen LogP contribution in [0.4, 0.5) is 0 Å². The van der Waals surface area contributed by atoms with E-state index in [1.54, 1.807) is 36.5 Å². The van der Waals surface area contributed by atoms with Gasteiger partial charge >= 0.3 is 0 Å². The van der Waals surface area contributed by atoms with E-state index in [-0.39, 0.29) is 11.9 Å². The van der Waals surface area contributed by atoms with Crippen molar-refractivity contribution in [3.05, 3.63) is 71.9 Å². The van der Waals surface area contributed by atoms with Crippen LogP contribution in [0.3, 0.4) is 0 Å². The zero-order valence-corrected chi connectivity index (χ0v) is 15.8. The van der Waals surface area contributed by atoms with Crippen LogP contribution in [0.15, 0.2) is 60.8 Å². The average molecular weight is 361 g/mol. The summed E-state index contributed by atoms with van der Waals surface area (Å²) in [6.07, 6.45) is 2.57. The van der Waals surface area contributed by atoms with E-state index in [1.165, 1.54) is 0 Å². The van der Waals surface area contributed by atoms with Gasteiger partial charge in [-0.2, -0.15) is 4.98 Å². The van der Waals surface area contributed by atoms with Gasteiger partial charge in [0, 0.05) is 29.4 Å². The molecule has 1 aromatic heterocycles. The normalized spacial score (nSPS) is 11.7. The van der Waals surface area contributed by atoms with Crippen molar-refractivity contribution in [1.82, 2.24) is 15.3 Å². The third-order valence-electron chi connectivity index (χ3n) is 4.24. The molecule has 3 aromatic rings. The van der Waals surface area contributed by atoms with Crippen LogP contribution in [0.1, 0.15) is 36.2 Å². The molecule has 0 aliphatic carbocycles. The lowest BCUT2D eigenvalue weighted by molar-refractivity contribution is 0.0939. The standard InChI is InChI=1S/C22H23N3O2/c1-4-16(3)24-22(26)17-8-10-19(11-9-17)27-20-12-13-23-21(25-20)18-7-5-6-15(2)14-18/h5-14,16H,4H2,1-3H3,(H,24,26)/t16-/m1/s1. The summed E-state index contributed by atoms with van der Waals surface area (Å²) in [4.78, 5) is 20.9. The van der Waals surface area contributed by atoms with Crippen LogP contribution in [0.2, 0.25) is 0 Å². The van der Waals surface area contributed by atoms with Gasteiger partial charge in [-0.3, -0.25) is 4.79 Å². The SMILES string of the molecule is CC[C@@H](C)NC(=O)c1ccc(Oc2ccnc(-c3cccc(C)c3)n2)cc1. The van der Waals surface area contributed by atoms with Gasteiger partial charge in [-0.15, -0.1) is 0 Å². The minimum atomic E-state index is -0.0836. The number of hydrogen-bond acceptors (Lipinski definition) is 4. The molecule has 0 bridgehead atoms. The third kappa shape index (κ3) is 4.91. The second kappa shape index (κ2) is 8.45. The van der Waals surface area contributed by atoms with Gasteiger partial charge in [0.05, 0.1) is 0 Å². The van der Waals surface area contributed by atoms with E-state index >= 15 is 0 Å². The summed E-state index contributed by atoms with van der Waals surface area (Å²) in [5, 5.41) is 2.94. The molecule has 0 saturated carbocycles. The molecule has 0 unspecified atom stereocenters. The molecule has 0 spiro atoms. The van der Waals surface area contributed by atoms with Crippen molar-refractivity contribution in [3.63, 3.8) is 0 Å². The Kier molecular flexibility index (Phi) is 5.81. The summed E-state index contributed by atoms with van der Waals surface area (Å²) in [7, 11) is 0. The van der Waals surface area contributed by atoms with Crippen molar-refractivity contribution < 1.29 is 9.53 Å². The summed E-state index contributed by atoms with van der Waals surface area (Å²) in [5.74, 6) is 1.60. The van der Waals surface area contributed by atoms with Crippen molar-refractivity contribution in [2.75, 3.05) is 0 Å². The summed E-state index contributed by atoms with van der Waals surface area (Å²) >= 11 is 0. The van der Waals surface area contributed by atoms with Crippen molar-refractivity contribution in [3.8, 4) is 23.0 Å². The molecule has 1 heterocycles. The second-order valence-electron chi connectivity index (χ2n) is 6.50. The van der Waals surface area contributed by atoms with Crippen molar-refractivity contribution >= 4 is 5.91 Å². The predicted octanol–water partition coefficient (Wildman–Crippen LogP) is 4.77. The molecule has 138 valence electrons. The molecule has 5 nitrogen and oxygen atoms in total. The molecular weight excluding hydrogens is 338 g/mol. The van der Waals surface area contributed by atoms with Crippen molar-refractivity contribution in [2.24, 2.45) is 0 Å². The quantitative estimate of drug-likeness (QED) is 0.687. The fraction of sp³-hybridized carbons (Fsp3) is 0.227. The van der Waals surface area contributed by atoms with Crippen LogP contribution >= 0.6 is 0 Å². The lowest BCUT2D eigenvalue weighted by atomic mass is 10.1. The van der Waals surface area contributed by atoms with E-state index in [9.17, 15) is 4.79 Å². The number of benzene rings is 2. The Balaban J connectivity index is 1.72. The zero-order chi connectivity index (χ0) is 19.2. The number of amides is 1. The van der Waals surface area contributed by atoms with Gasteiger partial charge in [-0.25, -0.2) is 4.98 Å². The molecular formula is C22H23N3O2. The first-order valence-corrected chi connectivity index (χ1v) is 9.04. The highest BCUT2D eigenvalue weighted by Crippen LogP contribution is 2.23. The maximum absolute atomic E-state index is 12.1. The summed E-state index contributed by atoms with van der Waals surface area (Å²) in [5.41, 5.74) is 2.69. The number of aromatic nitrogens is 2. The number of carbonyl (C=O) groups is 1. The molecule has 2 aromatic carbocycles. The molecule has 0 fully saturated rings. The van der Waals surface area contributed by atoms with Crippen molar-refractivity contribution in [1.29, 1.82) is 0 Å². The van der Waals surface area contributed by atoms with E-state index in [0.29, 0.717) is 23.0 Å². The first kappa shape index (κ1) is 18.6. The molecule has 1 atom stereocenters. The van der Waals surface area contributed by atoms with Crippen LogP contribution in [-0.4, -0.2) is 21.9 Å². The van der Waals surface area contributed by atoms with Gasteiger partial charge in [-0.1, -0.05) is 30.7 Å². The number of nitrogens with one attached hydrogen (secondary N) is 1. The van der Waals surface area contributed by atoms with Gasteiger partial charge < -0.3 is 10.1 Å². The van der Waals surface area contributed by atoms with Crippen LogP contribution in [0.5, 0.6) is 11.6 Å². The van der Waals surface area contributed by atoms with Gasteiger partial charge in [0.1, 0.15) is 5.75 Å². The second-order valence-corrected chi connectivity index (χ2v) is 6.50.